The Morgan fingerprint density at radius 2 is 1.90 bits per heavy atom. The molecular formula is C21H24N6O2. The molecule has 3 atom stereocenters. The maximum atomic E-state index is 10.5. The number of aromatic amines is 1. The number of hydrogen-bond donors (Lipinski definition) is 3. The van der Waals surface area contributed by atoms with E-state index in [2.05, 4.69) is 37.7 Å². The van der Waals surface area contributed by atoms with Crippen LogP contribution in [-0.4, -0.2) is 63.9 Å². The molecule has 0 amide bonds. The van der Waals surface area contributed by atoms with Crippen LogP contribution in [0.15, 0.2) is 42.7 Å². The lowest BCUT2D eigenvalue weighted by molar-refractivity contribution is 0.0183. The van der Waals surface area contributed by atoms with Gasteiger partial charge in [0, 0.05) is 42.5 Å². The van der Waals surface area contributed by atoms with Gasteiger partial charge in [-0.2, -0.15) is 5.10 Å². The van der Waals surface area contributed by atoms with Gasteiger partial charge in [0.1, 0.15) is 5.75 Å². The number of anilines is 1. The van der Waals surface area contributed by atoms with Gasteiger partial charge in [0.2, 0.25) is 0 Å². The third kappa shape index (κ3) is 3.56. The van der Waals surface area contributed by atoms with Crippen molar-refractivity contribution in [2.75, 3.05) is 25.2 Å². The number of ether oxygens (including phenoxy) is 1. The van der Waals surface area contributed by atoms with Crippen LogP contribution >= 0.6 is 0 Å². The molecule has 2 fully saturated rings. The standard InChI is InChI=1S/C21H24N6O2/c1-27(17-7-15-11-29-12-16(8-17)24-15)21-5-4-19(25-26-21)18-3-2-13(6-20(18)28)14-9-22-23-10-14/h2-6,9-10,15-17,24,28H,7-8,11-12H2,1H3,(H,22,23)/t15-,16+,17?. The van der Waals surface area contributed by atoms with Crippen molar-refractivity contribution >= 4 is 5.82 Å². The van der Waals surface area contributed by atoms with Crippen molar-refractivity contribution in [3.05, 3.63) is 42.7 Å². The second kappa shape index (κ2) is 7.46. The van der Waals surface area contributed by atoms with Gasteiger partial charge in [0.15, 0.2) is 5.82 Å². The molecule has 0 radical (unpaired) electrons. The summed E-state index contributed by atoms with van der Waals surface area (Å²) in [5.41, 5.74) is 3.12. The molecule has 2 bridgehead atoms. The van der Waals surface area contributed by atoms with Crippen LogP contribution in [-0.2, 0) is 4.74 Å². The quantitative estimate of drug-likeness (QED) is 0.626. The van der Waals surface area contributed by atoms with Gasteiger partial charge in [-0.3, -0.25) is 5.10 Å². The van der Waals surface area contributed by atoms with E-state index in [0.717, 1.165) is 43.0 Å². The van der Waals surface area contributed by atoms with Gasteiger partial charge in [-0.25, -0.2) is 0 Å². The lowest BCUT2D eigenvalue weighted by Crippen LogP contribution is -2.58. The molecule has 2 saturated heterocycles. The third-order valence-corrected chi connectivity index (χ3v) is 5.89. The maximum absolute atomic E-state index is 10.5. The second-order valence-electron chi connectivity index (χ2n) is 7.83. The fourth-order valence-electron chi connectivity index (χ4n) is 4.30. The van der Waals surface area contributed by atoms with Crippen molar-refractivity contribution in [3.63, 3.8) is 0 Å². The minimum absolute atomic E-state index is 0.172. The molecule has 1 unspecified atom stereocenters. The van der Waals surface area contributed by atoms with E-state index in [1.165, 1.54) is 0 Å². The highest BCUT2D eigenvalue weighted by atomic mass is 16.5. The van der Waals surface area contributed by atoms with Gasteiger partial charge >= 0.3 is 0 Å². The summed E-state index contributed by atoms with van der Waals surface area (Å²) in [4.78, 5) is 2.21. The summed E-state index contributed by atoms with van der Waals surface area (Å²) in [6.45, 7) is 1.55. The molecule has 8 heteroatoms. The summed E-state index contributed by atoms with van der Waals surface area (Å²) in [6, 6.07) is 10.6. The molecule has 8 nitrogen and oxygen atoms in total. The van der Waals surface area contributed by atoms with Crippen molar-refractivity contribution in [3.8, 4) is 28.1 Å². The largest absolute Gasteiger partial charge is 0.507 e. The zero-order valence-corrected chi connectivity index (χ0v) is 16.2. The number of aromatic hydroxyl groups is 1. The van der Waals surface area contributed by atoms with Gasteiger partial charge in [0.05, 0.1) is 25.1 Å². The van der Waals surface area contributed by atoms with E-state index < -0.39 is 0 Å². The summed E-state index contributed by atoms with van der Waals surface area (Å²) < 4.78 is 5.64. The molecule has 5 rings (SSSR count). The molecule has 0 spiro atoms. The number of phenols is 1. The molecule has 2 aliphatic rings. The number of benzene rings is 1. The first kappa shape index (κ1) is 18.1. The van der Waals surface area contributed by atoms with Crippen LogP contribution in [0.2, 0.25) is 0 Å². The van der Waals surface area contributed by atoms with Crippen molar-refractivity contribution in [2.24, 2.45) is 0 Å². The molecule has 2 aliphatic heterocycles. The van der Waals surface area contributed by atoms with Crippen LogP contribution in [0.1, 0.15) is 12.8 Å². The molecule has 29 heavy (non-hydrogen) atoms. The van der Waals surface area contributed by atoms with Crippen molar-refractivity contribution in [1.82, 2.24) is 25.7 Å². The molecule has 4 heterocycles. The van der Waals surface area contributed by atoms with E-state index in [1.54, 1.807) is 18.5 Å². The smallest absolute Gasteiger partial charge is 0.151 e. The minimum atomic E-state index is 0.172. The Balaban J connectivity index is 1.33. The lowest BCUT2D eigenvalue weighted by atomic mass is 9.92. The van der Waals surface area contributed by atoms with Crippen LogP contribution in [0.25, 0.3) is 22.4 Å². The number of H-pyrrole nitrogens is 1. The van der Waals surface area contributed by atoms with Gasteiger partial charge in [-0.15, -0.1) is 10.2 Å². The number of nitrogens with zero attached hydrogens (tertiary/aromatic N) is 4. The van der Waals surface area contributed by atoms with Gasteiger partial charge in [-0.05, 0) is 42.7 Å². The molecule has 1 aromatic carbocycles. The van der Waals surface area contributed by atoms with Crippen LogP contribution in [0.5, 0.6) is 5.75 Å². The van der Waals surface area contributed by atoms with Crippen molar-refractivity contribution in [2.45, 2.75) is 31.0 Å². The van der Waals surface area contributed by atoms with Crippen molar-refractivity contribution < 1.29 is 9.84 Å². The number of fused-ring (bicyclic) bond motifs is 2. The second-order valence-corrected chi connectivity index (χ2v) is 7.83. The first-order valence-corrected chi connectivity index (χ1v) is 9.90. The van der Waals surface area contributed by atoms with Crippen LogP contribution < -0.4 is 10.2 Å². The van der Waals surface area contributed by atoms with E-state index in [4.69, 9.17) is 4.74 Å². The Hall–Kier alpha value is -2.97. The SMILES string of the molecule is CN(c1ccc(-c2ccc(-c3cn[nH]c3)cc2O)nn1)C1C[C@H]2COC[C@@H](C1)N2. The monoisotopic (exact) mass is 392 g/mol. The average molecular weight is 392 g/mol. The number of nitrogens with one attached hydrogen (secondary N) is 2. The van der Waals surface area contributed by atoms with Crippen LogP contribution in [0.4, 0.5) is 5.82 Å². The topological polar surface area (TPSA) is 99.2 Å². The Bertz CT molecular complexity index is 963. The number of piperidine rings is 1. The van der Waals surface area contributed by atoms with Gasteiger partial charge in [-0.1, -0.05) is 6.07 Å². The number of morpholine rings is 1. The van der Waals surface area contributed by atoms with E-state index in [-0.39, 0.29) is 5.75 Å². The highest BCUT2D eigenvalue weighted by molar-refractivity contribution is 5.73. The fraction of sp³-hybridized carbons (Fsp3) is 0.381. The van der Waals surface area contributed by atoms with E-state index >= 15 is 0 Å². The van der Waals surface area contributed by atoms with Gasteiger partial charge < -0.3 is 20.1 Å². The molecule has 3 aromatic rings. The molecule has 2 aromatic heterocycles. The summed E-state index contributed by atoms with van der Waals surface area (Å²) >= 11 is 0. The van der Waals surface area contributed by atoms with Gasteiger partial charge in [0.25, 0.3) is 0 Å². The summed E-state index contributed by atoms with van der Waals surface area (Å²) in [6.07, 6.45) is 5.58. The zero-order valence-electron chi connectivity index (χ0n) is 16.2. The first-order valence-electron chi connectivity index (χ1n) is 9.90. The third-order valence-electron chi connectivity index (χ3n) is 5.89. The predicted octanol–water partition coefficient (Wildman–Crippen LogP) is 2.19. The number of rotatable bonds is 4. The van der Waals surface area contributed by atoms with Crippen LogP contribution in [0, 0.1) is 0 Å². The normalized spacial score (nSPS) is 23.7. The number of phenolic OH excluding ortho intramolecular Hbond substituents is 1. The van der Waals surface area contributed by atoms with Crippen molar-refractivity contribution in [1.29, 1.82) is 0 Å². The van der Waals surface area contributed by atoms with E-state index in [0.29, 0.717) is 29.4 Å². The molecule has 150 valence electrons. The zero-order chi connectivity index (χ0) is 19.8. The summed E-state index contributed by atoms with van der Waals surface area (Å²) in [5.74, 6) is 1.01. The first-order chi connectivity index (χ1) is 14.2. The fourth-order valence-corrected chi connectivity index (χ4v) is 4.30. The summed E-state index contributed by atoms with van der Waals surface area (Å²) in [7, 11) is 2.08. The average Bonchev–Trinajstić information content (AvgIpc) is 3.28. The minimum Gasteiger partial charge on any atom is -0.507 e. The highest BCUT2D eigenvalue weighted by Gasteiger charge is 2.34. The Kier molecular flexibility index (Phi) is 4.65. The molecular weight excluding hydrogens is 368 g/mol. The lowest BCUT2D eigenvalue weighted by Gasteiger charge is -2.43. The van der Waals surface area contributed by atoms with Crippen LogP contribution in [0.3, 0.4) is 0 Å². The Morgan fingerprint density at radius 3 is 2.55 bits per heavy atom. The van der Waals surface area contributed by atoms with E-state index in [1.807, 2.05) is 24.3 Å². The van der Waals surface area contributed by atoms with E-state index in [9.17, 15) is 5.11 Å². The number of aromatic nitrogens is 4. The molecule has 0 aliphatic carbocycles. The Labute approximate surface area is 168 Å². The Morgan fingerprint density at radius 1 is 1.07 bits per heavy atom. The molecule has 0 saturated carbocycles. The highest BCUT2D eigenvalue weighted by Crippen LogP contribution is 2.33. The number of hydrogen-bond acceptors (Lipinski definition) is 7. The molecule has 3 N–H and O–H groups in total. The summed E-state index contributed by atoms with van der Waals surface area (Å²) in [5, 5.41) is 29.7. The predicted molar refractivity (Wildman–Crippen MR) is 110 cm³/mol. The maximum Gasteiger partial charge on any atom is 0.151 e.